The van der Waals surface area contributed by atoms with Gasteiger partial charge in [-0.2, -0.15) is 0 Å². The van der Waals surface area contributed by atoms with Crippen molar-refractivity contribution in [2.45, 2.75) is 19.0 Å². The molecule has 0 aliphatic carbocycles. The molecule has 1 unspecified atom stereocenters. The van der Waals surface area contributed by atoms with Gasteiger partial charge in [0.1, 0.15) is 5.75 Å². The molecule has 134 valence electrons. The van der Waals surface area contributed by atoms with E-state index in [9.17, 15) is 14.7 Å². The van der Waals surface area contributed by atoms with Crippen molar-refractivity contribution in [2.75, 3.05) is 7.11 Å². The van der Waals surface area contributed by atoms with Gasteiger partial charge in [0.15, 0.2) is 6.04 Å². The first-order chi connectivity index (χ1) is 12.6. The fourth-order valence-corrected chi connectivity index (χ4v) is 2.96. The van der Waals surface area contributed by atoms with Gasteiger partial charge in [-0.05, 0) is 23.8 Å². The first kappa shape index (κ1) is 17.5. The number of methoxy groups -OCH3 is 1. The smallest absolute Gasteiger partial charge is 0.330 e. The zero-order valence-electron chi connectivity index (χ0n) is 14.4. The third-order valence-electron chi connectivity index (χ3n) is 4.26. The first-order valence-electron chi connectivity index (χ1n) is 8.29. The van der Waals surface area contributed by atoms with Crippen molar-refractivity contribution < 1.29 is 19.4 Å². The van der Waals surface area contributed by atoms with Crippen LogP contribution in [0, 0.1) is 0 Å². The van der Waals surface area contributed by atoms with Gasteiger partial charge in [-0.15, -0.1) is 0 Å². The molecule has 0 saturated carbocycles. The van der Waals surface area contributed by atoms with E-state index in [-0.39, 0.29) is 12.3 Å². The monoisotopic (exact) mass is 352 g/mol. The number of ether oxygens (including phenoxy) is 1. The maximum absolute atomic E-state index is 12.3. The van der Waals surface area contributed by atoms with Crippen LogP contribution in [0.15, 0.2) is 60.8 Å². The molecule has 0 aliphatic heterocycles. The standard InChI is InChI=1S/C20H20N2O4/c1-26-17-9-5-8-16-15(17)10-12-22(16)13-11-18(23)21-19(20(24)25)14-6-3-2-4-7-14/h2-10,12,19H,11,13H2,1H3,(H,21,23)(H,24,25). The van der Waals surface area contributed by atoms with Gasteiger partial charge < -0.3 is 19.7 Å². The number of aryl methyl sites for hydroxylation is 1. The Morgan fingerprint density at radius 3 is 2.58 bits per heavy atom. The molecule has 6 heteroatoms. The summed E-state index contributed by atoms with van der Waals surface area (Å²) in [6, 6.07) is 15.3. The third kappa shape index (κ3) is 3.69. The highest BCUT2D eigenvalue weighted by molar-refractivity contribution is 5.87. The van der Waals surface area contributed by atoms with Gasteiger partial charge in [0, 0.05) is 24.5 Å². The highest BCUT2D eigenvalue weighted by Crippen LogP contribution is 2.26. The number of aliphatic carboxylic acids is 1. The summed E-state index contributed by atoms with van der Waals surface area (Å²) < 4.78 is 7.29. The van der Waals surface area contributed by atoms with E-state index >= 15 is 0 Å². The number of nitrogens with one attached hydrogen (secondary N) is 1. The van der Waals surface area contributed by atoms with E-state index in [1.54, 1.807) is 37.4 Å². The van der Waals surface area contributed by atoms with Crippen LogP contribution in [0.4, 0.5) is 0 Å². The number of benzene rings is 2. The maximum atomic E-state index is 12.3. The van der Waals surface area contributed by atoms with Crippen LogP contribution in [0.25, 0.3) is 10.9 Å². The van der Waals surface area contributed by atoms with Crippen LogP contribution in [0.1, 0.15) is 18.0 Å². The first-order valence-corrected chi connectivity index (χ1v) is 8.29. The summed E-state index contributed by atoms with van der Waals surface area (Å²) in [6.45, 7) is 0.448. The molecule has 3 aromatic rings. The number of aromatic nitrogens is 1. The Balaban J connectivity index is 1.68. The van der Waals surface area contributed by atoms with E-state index in [1.807, 2.05) is 35.0 Å². The molecule has 0 bridgehead atoms. The third-order valence-corrected chi connectivity index (χ3v) is 4.26. The Morgan fingerprint density at radius 2 is 1.88 bits per heavy atom. The number of fused-ring (bicyclic) bond motifs is 1. The quantitative estimate of drug-likeness (QED) is 0.685. The molecule has 1 aromatic heterocycles. The Kier molecular flexibility index (Phi) is 5.22. The predicted octanol–water partition coefficient (Wildman–Crippen LogP) is 2.98. The summed E-state index contributed by atoms with van der Waals surface area (Å²) in [6.07, 6.45) is 2.07. The number of carbonyl (C=O) groups excluding carboxylic acids is 1. The molecule has 0 saturated heterocycles. The summed E-state index contributed by atoms with van der Waals surface area (Å²) in [5, 5.41) is 13.0. The lowest BCUT2D eigenvalue weighted by atomic mass is 10.1. The molecule has 1 atom stereocenters. The minimum atomic E-state index is -1.08. The highest BCUT2D eigenvalue weighted by atomic mass is 16.5. The van der Waals surface area contributed by atoms with Gasteiger partial charge >= 0.3 is 5.97 Å². The Labute approximate surface area is 151 Å². The van der Waals surface area contributed by atoms with Gasteiger partial charge in [-0.25, -0.2) is 4.79 Å². The second kappa shape index (κ2) is 7.74. The van der Waals surface area contributed by atoms with E-state index < -0.39 is 12.0 Å². The SMILES string of the molecule is COc1cccc2c1ccn2CCC(=O)NC(C(=O)O)c1ccccc1. The molecule has 2 aromatic carbocycles. The second-order valence-electron chi connectivity index (χ2n) is 5.90. The summed E-state index contributed by atoms with van der Waals surface area (Å²) in [5.41, 5.74) is 1.51. The van der Waals surface area contributed by atoms with Crippen molar-refractivity contribution >= 4 is 22.8 Å². The number of rotatable bonds is 7. The Morgan fingerprint density at radius 1 is 1.12 bits per heavy atom. The predicted molar refractivity (Wildman–Crippen MR) is 98.1 cm³/mol. The van der Waals surface area contributed by atoms with Crippen molar-refractivity contribution in [2.24, 2.45) is 0 Å². The van der Waals surface area contributed by atoms with Crippen LogP contribution in [-0.2, 0) is 16.1 Å². The minimum Gasteiger partial charge on any atom is -0.496 e. The summed E-state index contributed by atoms with van der Waals surface area (Å²) in [7, 11) is 1.62. The topological polar surface area (TPSA) is 80.6 Å². The molecule has 2 N–H and O–H groups in total. The molecular weight excluding hydrogens is 332 g/mol. The number of hydrogen-bond donors (Lipinski definition) is 2. The normalized spacial score (nSPS) is 11.9. The van der Waals surface area contributed by atoms with Crippen molar-refractivity contribution in [1.29, 1.82) is 0 Å². The lowest BCUT2D eigenvalue weighted by Gasteiger charge is -2.15. The molecule has 0 aliphatic rings. The van der Waals surface area contributed by atoms with E-state index in [2.05, 4.69) is 5.32 Å². The van der Waals surface area contributed by atoms with Crippen molar-refractivity contribution in [1.82, 2.24) is 9.88 Å². The van der Waals surface area contributed by atoms with Gasteiger partial charge in [0.05, 0.1) is 12.6 Å². The molecular formula is C20H20N2O4. The number of carbonyl (C=O) groups is 2. The van der Waals surface area contributed by atoms with E-state index in [4.69, 9.17) is 4.74 Å². The summed E-state index contributed by atoms with van der Waals surface area (Å²) in [4.78, 5) is 23.8. The number of amides is 1. The number of nitrogens with zero attached hydrogens (tertiary/aromatic N) is 1. The van der Waals surface area contributed by atoms with Crippen LogP contribution in [-0.4, -0.2) is 28.7 Å². The van der Waals surface area contributed by atoms with Crippen molar-refractivity contribution in [3.8, 4) is 5.75 Å². The van der Waals surface area contributed by atoms with Gasteiger partial charge in [-0.1, -0.05) is 36.4 Å². The molecule has 6 nitrogen and oxygen atoms in total. The molecule has 0 radical (unpaired) electrons. The number of hydrogen-bond acceptors (Lipinski definition) is 3. The molecule has 1 heterocycles. The van der Waals surface area contributed by atoms with Crippen LogP contribution in [0.5, 0.6) is 5.75 Å². The highest BCUT2D eigenvalue weighted by Gasteiger charge is 2.21. The fourth-order valence-electron chi connectivity index (χ4n) is 2.96. The fraction of sp³-hybridized carbons (Fsp3) is 0.200. The molecule has 0 fully saturated rings. The lowest BCUT2D eigenvalue weighted by Crippen LogP contribution is -2.34. The lowest BCUT2D eigenvalue weighted by molar-refractivity contribution is -0.142. The second-order valence-corrected chi connectivity index (χ2v) is 5.90. The average Bonchev–Trinajstić information content (AvgIpc) is 3.08. The summed E-state index contributed by atoms with van der Waals surface area (Å²) >= 11 is 0. The van der Waals surface area contributed by atoms with Crippen LogP contribution in [0.2, 0.25) is 0 Å². The van der Waals surface area contributed by atoms with Gasteiger partial charge in [-0.3, -0.25) is 4.79 Å². The zero-order chi connectivity index (χ0) is 18.5. The van der Waals surface area contributed by atoms with E-state index in [0.29, 0.717) is 12.1 Å². The molecule has 3 rings (SSSR count). The zero-order valence-corrected chi connectivity index (χ0v) is 14.4. The van der Waals surface area contributed by atoms with Crippen LogP contribution >= 0.6 is 0 Å². The Hall–Kier alpha value is -3.28. The van der Waals surface area contributed by atoms with E-state index in [0.717, 1.165) is 16.7 Å². The maximum Gasteiger partial charge on any atom is 0.330 e. The number of carboxylic acids is 1. The largest absolute Gasteiger partial charge is 0.496 e. The number of carboxylic acid groups (broad SMARTS) is 1. The Bertz CT molecular complexity index is 918. The van der Waals surface area contributed by atoms with E-state index in [1.165, 1.54) is 0 Å². The van der Waals surface area contributed by atoms with Crippen molar-refractivity contribution in [3.63, 3.8) is 0 Å². The van der Waals surface area contributed by atoms with Crippen LogP contribution in [0.3, 0.4) is 0 Å². The molecule has 26 heavy (non-hydrogen) atoms. The van der Waals surface area contributed by atoms with Gasteiger partial charge in [0.2, 0.25) is 5.91 Å². The minimum absolute atomic E-state index is 0.178. The van der Waals surface area contributed by atoms with Crippen LogP contribution < -0.4 is 10.1 Å². The molecule has 0 spiro atoms. The van der Waals surface area contributed by atoms with Crippen molar-refractivity contribution in [3.05, 3.63) is 66.4 Å². The van der Waals surface area contributed by atoms with Gasteiger partial charge in [0.25, 0.3) is 0 Å². The average molecular weight is 352 g/mol. The molecule has 1 amide bonds. The summed E-state index contributed by atoms with van der Waals surface area (Å²) in [5.74, 6) is -0.618.